The van der Waals surface area contributed by atoms with Gasteiger partial charge in [0.1, 0.15) is 0 Å². The van der Waals surface area contributed by atoms with Crippen molar-refractivity contribution < 1.29 is 4.79 Å². The van der Waals surface area contributed by atoms with Crippen LogP contribution in [0.15, 0.2) is 29.5 Å². The van der Waals surface area contributed by atoms with E-state index in [9.17, 15) is 4.79 Å². The number of Topliss-reactive ketones (excluding diaryl/α,β-unsaturated/α-hetero) is 1. The van der Waals surface area contributed by atoms with Crippen molar-refractivity contribution in [3.05, 3.63) is 29.5 Å². The third-order valence-corrected chi connectivity index (χ3v) is 1.22. The fourth-order valence-corrected chi connectivity index (χ4v) is 0.694. The molecule has 0 radical (unpaired) electrons. The molecular weight excluding hydrogens is 112 g/mol. The second-order valence-corrected chi connectivity index (χ2v) is 1.86. The SMILES string of the molecule is CCC(=O)C1=C=CC=C1. The maximum atomic E-state index is 10.8. The van der Waals surface area contributed by atoms with E-state index in [1.165, 1.54) is 0 Å². The van der Waals surface area contributed by atoms with Gasteiger partial charge in [-0.2, -0.15) is 0 Å². The van der Waals surface area contributed by atoms with Crippen molar-refractivity contribution in [2.45, 2.75) is 13.3 Å². The molecule has 0 saturated carbocycles. The van der Waals surface area contributed by atoms with E-state index in [-0.39, 0.29) is 5.78 Å². The molecule has 1 heteroatoms. The minimum atomic E-state index is 0.167. The molecule has 0 amide bonds. The number of hydrogen-bond donors (Lipinski definition) is 0. The van der Waals surface area contributed by atoms with Gasteiger partial charge in [0.25, 0.3) is 0 Å². The van der Waals surface area contributed by atoms with Crippen molar-refractivity contribution in [1.29, 1.82) is 0 Å². The Morgan fingerprint density at radius 1 is 1.78 bits per heavy atom. The van der Waals surface area contributed by atoms with E-state index in [0.717, 1.165) is 0 Å². The van der Waals surface area contributed by atoms with Crippen molar-refractivity contribution in [3.63, 3.8) is 0 Å². The van der Waals surface area contributed by atoms with Crippen LogP contribution in [0.1, 0.15) is 13.3 Å². The lowest BCUT2D eigenvalue weighted by atomic mass is 10.1. The first-order chi connectivity index (χ1) is 4.34. The normalized spacial score (nSPS) is 14.1. The summed E-state index contributed by atoms with van der Waals surface area (Å²) in [5, 5.41) is 0. The third-order valence-electron chi connectivity index (χ3n) is 1.22. The summed E-state index contributed by atoms with van der Waals surface area (Å²) in [5.41, 5.74) is 3.54. The second kappa shape index (κ2) is 2.47. The molecule has 1 nitrogen and oxygen atoms in total. The number of allylic oxidation sites excluding steroid dienone is 3. The highest BCUT2D eigenvalue weighted by Gasteiger charge is 2.02. The highest BCUT2D eigenvalue weighted by molar-refractivity contribution is 5.98. The summed E-state index contributed by atoms with van der Waals surface area (Å²) in [6.07, 6.45) is 5.93. The van der Waals surface area contributed by atoms with E-state index in [4.69, 9.17) is 0 Å². The van der Waals surface area contributed by atoms with Crippen LogP contribution in [-0.2, 0) is 4.79 Å². The largest absolute Gasteiger partial charge is 0.294 e. The predicted molar refractivity (Wildman–Crippen MR) is 36.0 cm³/mol. The zero-order valence-corrected chi connectivity index (χ0v) is 5.35. The lowest BCUT2D eigenvalue weighted by molar-refractivity contribution is -0.114. The van der Waals surface area contributed by atoms with Crippen LogP contribution in [0.3, 0.4) is 0 Å². The molecule has 0 aromatic rings. The van der Waals surface area contributed by atoms with Crippen LogP contribution in [0, 0.1) is 0 Å². The average molecular weight is 120 g/mol. The molecule has 1 aliphatic carbocycles. The van der Waals surface area contributed by atoms with Gasteiger partial charge in [0.2, 0.25) is 0 Å². The van der Waals surface area contributed by atoms with E-state index < -0.39 is 0 Å². The van der Waals surface area contributed by atoms with Crippen LogP contribution in [0.2, 0.25) is 0 Å². The van der Waals surface area contributed by atoms with Crippen LogP contribution in [-0.4, -0.2) is 5.78 Å². The van der Waals surface area contributed by atoms with E-state index in [1.807, 2.05) is 13.0 Å². The zero-order valence-electron chi connectivity index (χ0n) is 5.35. The molecule has 0 heterocycles. The lowest BCUT2D eigenvalue weighted by Crippen LogP contribution is -1.94. The molecule has 0 aromatic carbocycles. The van der Waals surface area contributed by atoms with Crippen LogP contribution < -0.4 is 0 Å². The molecule has 9 heavy (non-hydrogen) atoms. The summed E-state index contributed by atoms with van der Waals surface area (Å²) in [5.74, 6) is 0.167. The van der Waals surface area contributed by atoms with Crippen LogP contribution in [0.5, 0.6) is 0 Å². The molecule has 0 N–H and O–H groups in total. The van der Waals surface area contributed by atoms with E-state index in [1.54, 1.807) is 12.2 Å². The Bertz CT molecular complexity index is 215. The maximum Gasteiger partial charge on any atom is 0.170 e. The van der Waals surface area contributed by atoms with Crippen LogP contribution in [0.4, 0.5) is 0 Å². The minimum absolute atomic E-state index is 0.167. The third kappa shape index (κ3) is 1.18. The van der Waals surface area contributed by atoms with E-state index >= 15 is 0 Å². The Hall–Kier alpha value is -1.07. The average Bonchev–Trinajstić information content (AvgIpc) is 2.37. The molecule has 0 fully saturated rings. The molecular formula is C8H8O. The fraction of sp³-hybridized carbons (Fsp3) is 0.250. The second-order valence-electron chi connectivity index (χ2n) is 1.86. The lowest BCUT2D eigenvalue weighted by Gasteiger charge is -1.88. The minimum Gasteiger partial charge on any atom is -0.294 e. The standard InChI is InChI=1S/C8H8O/c1-2-8(9)7-5-3-4-6-7/h3-5H,2H2,1H3. The van der Waals surface area contributed by atoms with E-state index in [0.29, 0.717) is 12.0 Å². The summed E-state index contributed by atoms with van der Waals surface area (Å²) in [6.45, 7) is 1.85. The number of rotatable bonds is 2. The van der Waals surface area contributed by atoms with E-state index in [2.05, 4.69) is 5.73 Å². The fourth-order valence-electron chi connectivity index (χ4n) is 0.694. The summed E-state index contributed by atoms with van der Waals surface area (Å²) >= 11 is 0. The molecule has 0 spiro atoms. The van der Waals surface area contributed by atoms with Crippen LogP contribution >= 0.6 is 0 Å². The van der Waals surface area contributed by atoms with Gasteiger partial charge in [0.15, 0.2) is 5.78 Å². The van der Waals surface area contributed by atoms with Crippen molar-refractivity contribution in [3.8, 4) is 0 Å². The summed E-state index contributed by atoms with van der Waals surface area (Å²) < 4.78 is 0. The molecule has 0 saturated heterocycles. The predicted octanol–water partition coefficient (Wildman–Crippen LogP) is 1.62. The monoisotopic (exact) mass is 120 g/mol. The van der Waals surface area contributed by atoms with Crippen molar-refractivity contribution in [2.24, 2.45) is 0 Å². The number of hydrogen-bond acceptors (Lipinski definition) is 1. The van der Waals surface area contributed by atoms with Gasteiger partial charge < -0.3 is 0 Å². The molecule has 1 aliphatic rings. The Labute approximate surface area is 54.4 Å². The quantitative estimate of drug-likeness (QED) is 0.506. The molecule has 0 bridgehead atoms. The summed E-state index contributed by atoms with van der Waals surface area (Å²) in [4.78, 5) is 10.8. The summed E-state index contributed by atoms with van der Waals surface area (Å²) in [6, 6.07) is 0. The highest BCUT2D eigenvalue weighted by atomic mass is 16.1. The number of carbonyl (C=O) groups excluding carboxylic acids is 1. The van der Waals surface area contributed by atoms with Gasteiger partial charge in [-0.15, -0.1) is 5.73 Å². The number of carbonyl (C=O) groups is 1. The van der Waals surface area contributed by atoms with Crippen molar-refractivity contribution >= 4 is 5.78 Å². The van der Waals surface area contributed by atoms with Gasteiger partial charge >= 0.3 is 0 Å². The van der Waals surface area contributed by atoms with Gasteiger partial charge in [0, 0.05) is 6.42 Å². The topological polar surface area (TPSA) is 17.1 Å². The first-order valence-corrected chi connectivity index (χ1v) is 3.01. The zero-order chi connectivity index (χ0) is 6.69. The Morgan fingerprint density at radius 2 is 2.56 bits per heavy atom. The molecule has 0 aliphatic heterocycles. The van der Waals surface area contributed by atoms with Gasteiger partial charge in [-0.25, -0.2) is 0 Å². The summed E-state index contributed by atoms with van der Waals surface area (Å²) in [7, 11) is 0. The first kappa shape index (κ1) is 6.06. The van der Waals surface area contributed by atoms with Crippen LogP contribution in [0.25, 0.3) is 0 Å². The van der Waals surface area contributed by atoms with Gasteiger partial charge in [-0.3, -0.25) is 4.79 Å². The van der Waals surface area contributed by atoms with Gasteiger partial charge in [-0.05, 0) is 12.2 Å². The Kier molecular flexibility index (Phi) is 1.66. The smallest absolute Gasteiger partial charge is 0.170 e. The molecule has 0 atom stereocenters. The Morgan fingerprint density at radius 3 is 3.00 bits per heavy atom. The molecule has 1 rings (SSSR count). The molecule has 46 valence electrons. The van der Waals surface area contributed by atoms with Gasteiger partial charge in [0.05, 0.1) is 5.57 Å². The van der Waals surface area contributed by atoms with Crippen molar-refractivity contribution in [1.82, 2.24) is 0 Å². The first-order valence-electron chi connectivity index (χ1n) is 3.01. The molecule has 0 aromatic heterocycles. The molecule has 0 unspecified atom stereocenters. The van der Waals surface area contributed by atoms with Gasteiger partial charge in [-0.1, -0.05) is 13.0 Å². The number of ketones is 1. The highest BCUT2D eigenvalue weighted by Crippen LogP contribution is 2.04. The van der Waals surface area contributed by atoms with Crippen molar-refractivity contribution in [2.75, 3.05) is 0 Å². The maximum absolute atomic E-state index is 10.8. The Balaban J connectivity index is 2.75.